The Morgan fingerprint density at radius 3 is 2.43 bits per heavy atom. The van der Waals surface area contributed by atoms with Crippen molar-refractivity contribution in [1.29, 1.82) is 0 Å². The van der Waals surface area contributed by atoms with Gasteiger partial charge < -0.3 is 30.2 Å². The summed E-state index contributed by atoms with van der Waals surface area (Å²) in [5.74, 6) is 6.16. The van der Waals surface area contributed by atoms with Gasteiger partial charge >= 0.3 is 6.36 Å². The zero-order valence-electron chi connectivity index (χ0n) is 21.1. The predicted octanol–water partition coefficient (Wildman–Crippen LogP) is 3.92. The molecule has 0 aliphatic rings. The van der Waals surface area contributed by atoms with Crippen molar-refractivity contribution >= 4 is 28.1 Å². The summed E-state index contributed by atoms with van der Waals surface area (Å²) in [5.41, 5.74) is 7.20. The number of nitrogens with two attached hydrogens (primary N) is 2. The number of methoxy groups -OCH3 is 1. The molecule has 3 aromatic rings. The van der Waals surface area contributed by atoms with Crippen LogP contribution < -0.4 is 36.4 Å². The minimum atomic E-state index is -4.90. The lowest BCUT2D eigenvalue weighted by molar-refractivity contribution is -0.274. The number of halogens is 3. The summed E-state index contributed by atoms with van der Waals surface area (Å²) >= 11 is 0. The van der Waals surface area contributed by atoms with E-state index in [4.69, 9.17) is 16.3 Å². The molecule has 0 amide bonds. The van der Waals surface area contributed by atoms with Crippen LogP contribution in [-0.2, 0) is 0 Å². The Morgan fingerprint density at radius 2 is 1.84 bits per heavy atom. The first-order valence-electron chi connectivity index (χ1n) is 11.5. The number of benzene rings is 2. The first-order chi connectivity index (χ1) is 17.6. The third kappa shape index (κ3) is 7.54. The highest BCUT2D eigenvalue weighted by molar-refractivity contribution is 5.91. The lowest BCUT2D eigenvalue weighted by Gasteiger charge is -2.22. The zero-order chi connectivity index (χ0) is 27.8. The van der Waals surface area contributed by atoms with Gasteiger partial charge in [0.2, 0.25) is 0 Å². The molecule has 2 aromatic carbocycles. The Bertz CT molecular complexity index is 1280. The van der Waals surface area contributed by atoms with Crippen molar-refractivity contribution in [1.82, 2.24) is 4.98 Å². The number of para-hydroxylation sites is 1. The maximum atomic E-state index is 12.7. The number of hydrazine groups is 1. The first-order valence-corrected chi connectivity index (χ1v) is 11.5. The molecule has 12 heteroatoms. The SMILES string of the molecule is CC.CCN(CCO)c1cc(=O)c2cccc(/C(N)=C/N(N)c3cc(OC)cc(OC(F)(F)F)c3)c2[nH]1. The topological polar surface area (TPSA) is 130 Å². The van der Waals surface area contributed by atoms with E-state index < -0.39 is 12.1 Å². The minimum absolute atomic E-state index is 0.0897. The highest BCUT2D eigenvalue weighted by Gasteiger charge is 2.31. The van der Waals surface area contributed by atoms with Crippen LogP contribution in [-0.4, -0.2) is 43.3 Å². The second-order valence-electron chi connectivity index (χ2n) is 7.46. The summed E-state index contributed by atoms with van der Waals surface area (Å²) in [6, 6.07) is 9.97. The number of ether oxygens (including phenoxy) is 2. The Labute approximate surface area is 212 Å². The van der Waals surface area contributed by atoms with E-state index in [-0.39, 0.29) is 29.2 Å². The predicted molar refractivity (Wildman–Crippen MR) is 139 cm³/mol. The first kappa shape index (κ1) is 29.3. The largest absolute Gasteiger partial charge is 0.573 e. The number of nitrogens with one attached hydrogen (secondary N) is 1. The van der Waals surface area contributed by atoms with Crippen molar-refractivity contribution in [2.24, 2.45) is 11.6 Å². The fourth-order valence-corrected chi connectivity index (χ4v) is 3.55. The molecular weight excluding hydrogens is 491 g/mol. The molecule has 0 spiro atoms. The van der Waals surface area contributed by atoms with Gasteiger partial charge in [0.05, 0.1) is 30.6 Å². The van der Waals surface area contributed by atoms with E-state index in [9.17, 15) is 23.1 Å². The number of H-pyrrole nitrogens is 1. The molecule has 0 aliphatic carbocycles. The standard InChI is InChI=1S/C23H26F3N5O4.C2H6/c1-3-30(7-8-32)21-12-20(33)18-6-4-5-17(22(18)29-21)19(27)13-31(28)14-9-15(34-2)11-16(10-14)35-23(24,25)26;1-2/h4-6,9-13,32H,3,7-8,27-28H2,1-2H3,(H,29,33);1-2H3/b19-13-;. The Kier molecular flexibility index (Phi) is 10.2. The molecule has 6 N–H and O–H groups in total. The zero-order valence-corrected chi connectivity index (χ0v) is 21.1. The van der Waals surface area contributed by atoms with Gasteiger partial charge in [-0.2, -0.15) is 0 Å². The second kappa shape index (κ2) is 12.9. The van der Waals surface area contributed by atoms with Crippen LogP contribution in [0.15, 0.2) is 53.5 Å². The van der Waals surface area contributed by atoms with Crippen molar-refractivity contribution < 1.29 is 27.8 Å². The quantitative estimate of drug-likeness (QED) is 0.245. The maximum Gasteiger partial charge on any atom is 0.573 e. The molecule has 1 heterocycles. The average Bonchev–Trinajstić information content (AvgIpc) is 2.86. The molecule has 0 bridgehead atoms. The maximum absolute atomic E-state index is 12.7. The van der Waals surface area contributed by atoms with Crippen molar-refractivity contribution in [2.45, 2.75) is 27.1 Å². The molecule has 0 radical (unpaired) electrons. The third-order valence-corrected chi connectivity index (χ3v) is 5.16. The number of anilines is 2. The number of aromatic amines is 1. The van der Waals surface area contributed by atoms with Crippen molar-refractivity contribution in [3.8, 4) is 11.5 Å². The fraction of sp³-hybridized carbons (Fsp3) is 0.320. The molecule has 0 saturated heterocycles. The van der Waals surface area contributed by atoms with E-state index in [2.05, 4.69) is 9.72 Å². The highest BCUT2D eigenvalue weighted by atomic mass is 19.4. The number of nitrogens with zero attached hydrogens (tertiary/aromatic N) is 2. The van der Waals surface area contributed by atoms with Gasteiger partial charge in [-0.3, -0.25) is 9.80 Å². The van der Waals surface area contributed by atoms with Gasteiger partial charge in [0.15, 0.2) is 5.43 Å². The molecule has 9 nitrogen and oxygen atoms in total. The monoisotopic (exact) mass is 523 g/mol. The van der Waals surface area contributed by atoms with E-state index in [1.807, 2.05) is 20.8 Å². The van der Waals surface area contributed by atoms with E-state index in [0.717, 1.165) is 17.1 Å². The van der Waals surface area contributed by atoms with Crippen molar-refractivity contribution in [2.75, 3.05) is 36.7 Å². The molecule has 0 atom stereocenters. The normalized spacial score (nSPS) is 11.5. The number of hydrogen-bond donors (Lipinski definition) is 4. The fourth-order valence-electron chi connectivity index (χ4n) is 3.55. The molecule has 1 aromatic heterocycles. The summed E-state index contributed by atoms with van der Waals surface area (Å²) in [7, 11) is 1.29. The van der Waals surface area contributed by atoms with Gasteiger partial charge in [-0.05, 0) is 13.0 Å². The number of aliphatic hydroxyl groups is 1. The number of alkyl halides is 3. The number of rotatable bonds is 9. The van der Waals surface area contributed by atoms with Crippen LogP contribution in [0.3, 0.4) is 0 Å². The van der Waals surface area contributed by atoms with Crippen LogP contribution >= 0.6 is 0 Å². The van der Waals surface area contributed by atoms with Crippen molar-refractivity contribution in [3.63, 3.8) is 0 Å². The van der Waals surface area contributed by atoms with Gasteiger partial charge in [0.25, 0.3) is 0 Å². The smallest absolute Gasteiger partial charge is 0.497 e. The van der Waals surface area contributed by atoms with Gasteiger partial charge in [-0.15, -0.1) is 13.2 Å². The number of hydrogen-bond acceptors (Lipinski definition) is 8. The summed E-state index contributed by atoms with van der Waals surface area (Å²) in [5, 5.41) is 10.7. The Morgan fingerprint density at radius 1 is 1.16 bits per heavy atom. The molecule has 0 saturated carbocycles. The van der Waals surface area contributed by atoms with Crippen LogP contribution in [0.2, 0.25) is 0 Å². The summed E-state index contributed by atoms with van der Waals surface area (Å²) in [6.07, 6.45) is -3.59. The number of fused-ring (bicyclic) bond motifs is 1. The van der Waals surface area contributed by atoms with Gasteiger partial charge in [-0.1, -0.05) is 26.0 Å². The lowest BCUT2D eigenvalue weighted by Crippen LogP contribution is -2.28. The molecule has 37 heavy (non-hydrogen) atoms. The third-order valence-electron chi connectivity index (χ3n) is 5.16. The average molecular weight is 524 g/mol. The van der Waals surface area contributed by atoms with E-state index in [0.29, 0.717) is 35.4 Å². The molecule has 0 fully saturated rings. The number of likely N-dealkylation sites (N-methyl/N-ethyl adjacent to an activating group) is 1. The van der Waals surface area contributed by atoms with Crippen LogP contribution in [0.4, 0.5) is 24.7 Å². The summed E-state index contributed by atoms with van der Waals surface area (Å²) in [4.78, 5) is 17.7. The minimum Gasteiger partial charge on any atom is -0.497 e. The molecular formula is C25H32F3N5O4. The number of pyridine rings is 1. The molecule has 0 aliphatic heterocycles. The van der Waals surface area contributed by atoms with E-state index >= 15 is 0 Å². The summed E-state index contributed by atoms with van der Waals surface area (Å²) in [6.45, 7) is 6.65. The van der Waals surface area contributed by atoms with E-state index in [1.165, 1.54) is 25.4 Å². The second-order valence-corrected chi connectivity index (χ2v) is 7.46. The molecule has 0 unspecified atom stereocenters. The summed E-state index contributed by atoms with van der Waals surface area (Å²) < 4.78 is 47.1. The van der Waals surface area contributed by atoms with Gasteiger partial charge in [0.1, 0.15) is 17.3 Å². The van der Waals surface area contributed by atoms with Gasteiger partial charge in [0, 0.05) is 54.5 Å². The number of aromatic nitrogens is 1. The van der Waals surface area contributed by atoms with Gasteiger partial charge in [-0.25, -0.2) is 5.84 Å². The molecule has 202 valence electrons. The Hall–Kier alpha value is -3.90. The number of aliphatic hydroxyl groups excluding tert-OH is 1. The lowest BCUT2D eigenvalue weighted by atomic mass is 10.1. The van der Waals surface area contributed by atoms with Crippen LogP contribution in [0.5, 0.6) is 11.5 Å². The molecule has 3 rings (SSSR count). The highest BCUT2D eigenvalue weighted by Crippen LogP contribution is 2.32. The van der Waals surface area contributed by atoms with E-state index in [1.54, 1.807) is 23.1 Å². The van der Waals surface area contributed by atoms with Crippen LogP contribution in [0.25, 0.3) is 16.6 Å². The Balaban J connectivity index is 0.00000235. The van der Waals surface area contributed by atoms with Crippen LogP contribution in [0.1, 0.15) is 26.3 Å². The van der Waals surface area contributed by atoms with Crippen LogP contribution in [0, 0.1) is 0 Å². The van der Waals surface area contributed by atoms with Crippen molar-refractivity contribution in [3.05, 3.63) is 64.5 Å².